The molecule has 3 nitrogen and oxygen atoms in total. The van der Waals surface area contributed by atoms with Crippen LogP contribution in [0.5, 0.6) is 0 Å². The molecule has 1 heterocycles. The molecule has 4 heteroatoms. The van der Waals surface area contributed by atoms with Gasteiger partial charge in [-0.1, -0.05) is 0 Å². The number of aryl methyl sites for hydroxylation is 1. The van der Waals surface area contributed by atoms with E-state index in [9.17, 15) is 0 Å². The summed E-state index contributed by atoms with van der Waals surface area (Å²) in [6, 6.07) is 1.98. The molecule has 1 aromatic heterocycles. The summed E-state index contributed by atoms with van der Waals surface area (Å²) in [7, 11) is 3.71. The van der Waals surface area contributed by atoms with Gasteiger partial charge in [0.15, 0.2) is 0 Å². The SMILES string of the molecule is COCCN(C)c1nccc(C)c1Br. The lowest BCUT2D eigenvalue weighted by molar-refractivity contribution is 0.206. The van der Waals surface area contributed by atoms with Crippen LogP contribution < -0.4 is 4.90 Å². The molecule has 0 amide bonds. The van der Waals surface area contributed by atoms with Crippen molar-refractivity contribution in [2.75, 3.05) is 32.2 Å². The van der Waals surface area contributed by atoms with Crippen molar-refractivity contribution in [1.29, 1.82) is 0 Å². The Labute approximate surface area is 93.2 Å². The Balaban J connectivity index is 2.79. The number of hydrogen-bond acceptors (Lipinski definition) is 3. The molecular weight excluding hydrogens is 244 g/mol. The first-order chi connectivity index (χ1) is 6.66. The van der Waals surface area contributed by atoms with Gasteiger partial charge >= 0.3 is 0 Å². The zero-order valence-electron chi connectivity index (χ0n) is 8.75. The topological polar surface area (TPSA) is 25.4 Å². The highest BCUT2D eigenvalue weighted by molar-refractivity contribution is 9.10. The molecule has 0 fully saturated rings. The van der Waals surface area contributed by atoms with Gasteiger partial charge in [-0.05, 0) is 34.5 Å². The molecule has 0 aromatic carbocycles. The quantitative estimate of drug-likeness (QED) is 0.829. The van der Waals surface area contributed by atoms with Gasteiger partial charge in [0.25, 0.3) is 0 Å². The summed E-state index contributed by atoms with van der Waals surface area (Å²) in [6.45, 7) is 3.60. The van der Waals surface area contributed by atoms with Crippen molar-refractivity contribution in [1.82, 2.24) is 4.98 Å². The van der Waals surface area contributed by atoms with E-state index in [0.717, 1.165) is 16.8 Å². The van der Waals surface area contributed by atoms with E-state index in [1.807, 2.05) is 19.3 Å². The maximum absolute atomic E-state index is 5.02. The van der Waals surface area contributed by atoms with Crippen LogP contribution in [0.3, 0.4) is 0 Å². The van der Waals surface area contributed by atoms with E-state index in [2.05, 4.69) is 32.7 Å². The van der Waals surface area contributed by atoms with Crippen LogP contribution in [-0.4, -0.2) is 32.3 Å². The van der Waals surface area contributed by atoms with Crippen molar-refractivity contribution in [2.24, 2.45) is 0 Å². The Morgan fingerprint density at radius 2 is 2.29 bits per heavy atom. The maximum atomic E-state index is 5.02. The third-order valence-electron chi connectivity index (χ3n) is 2.06. The van der Waals surface area contributed by atoms with Crippen LogP contribution in [-0.2, 0) is 4.74 Å². The summed E-state index contributed by atoms with van der Waals surface area (Å²) in [6.07, 6.45) is 1.82. The second kappa shape index (κ2) is 5.32. The number of nitrogens with zero attached hydrogens (tertiary/aromatic N) is 2. The van der Waals surface area contributed by atoms with Crippen molar-refractivity contribution in [3.63, 3.8) is 0 Å². The molecule has 0 unspecified atom stereocenters. The number of likely N-dealkylation sites (N-methyl/N-ethyl adjacent to an activating group) is 1. The molecule has 78 valence electrons. The first-order valence-corrected chi connectivity index (χ1v) is 5.27. The van der Waals surface area contributed by atoms with Crippen molar-refractivity contribution < 1.29 is 4.74 Å². The second-order valence-corrected chi connectivity index (χ2v) is 3.97. The highest BCUT2D eigenvalue weighted by Gasteiger charge is 2.08. The first-order valence-electron chi connectivity index (χ1n) is 4.48. The molecule has 0 saturated heterocycles. The highest BCUT2D eigenvalue weighted by atomic mass is 79.9. The molecule has 0 radical (unpaired) electrons. The predicted molar refractivity (Wildman–Crippen MR) is 61.8 cm³/mol. The molecule has 0 saturated carbocycles. The van der Waals surface area contributed by atoms with Crippen LogP contribution in [0.1, 0.15) is 5.56 Å². The largest absolute Gasteiger partial charge is 0.383 e. The lowest BCUT2D eigenvalue weighted by Gasteiger charge is -2.19. The van der Waals surface area contributed by atoms with Gasteiger partial charge < -0.3 is 9.64 Å². The molecule has 1 rings (SSSR count). The number of rotatable bonds is 4. The van der Waals surface area contributed by atoms with E-state index in [1.165, 1.54) is 5.56 Å². The van der Waals surface area contributed by atoms with Gasteiger partial charge in [0, 0.05) is 26.9 Å². The molecular formula is C10H15BrN2O. The number of ether oxygens (including phenoxy) is 1. The van der Waals surface area contributed by atoms with Gasteiger partial charge in [-0.25, -0.2) is 4.98 Å². The minimum atomic E-state index is 0.707. The Bertz CT molecular complexity index is 304. The molecule has 0 aliphatic carbocycles. The van der Waals surface area contributed by atoms with E-state index in [-0.39, 0.29) is 0 Å². The van der Waals surface area contributed by atoms with Gasteiger partial charge in [0.2, 0.25) is 0 Å². The normalized spacial score (nSPS) is 10.3. The van der Waals surface area contributed by atoms with Crippen molar-refractivity contribution >= 4 is 21.7 Å². The van der Waals surface area contributed by atoms with E-state index in [4.69, 9.17) is 4.74 Å². The summed E-state index contributed by atoms with van der Waals surface area (Å²) in [5.41, 5.74) is 1.19. The van der Waals surface area contributed by atoms with Crippen molar-refractivity contribution in [2.45, 2.75) is 6.92 Å². The number of hydrogen-bond donors (Lipinski definition) is 0. The Morgan fingerprint density at radius 3 is 2.93 bits per heavy atom. The lowest BCUT2D eigenvalue weighted by Crippen LogP contribution is -2.23. The minimum Gasteiger partial charge on any atom is -0.383 e. The number of methoxy groups -OCH3 is 1. The fraction of sp³-hybridized carbons (Fsp3) is 0.500. The second-order valence-electron chi connectivity index (χ2n) is 3.18. The van der Waals surface area contributed by atoms with E-state index in [1.54, 1.807) is 7.11 Å². The minimum absolute atomic E-state index is 0.707. The van der Waals surface area contributed by atoms with E-state index in [0.29, 0.717) is 6.61 Å². The molecule has 0 aliphatic rings. The molecule has 0 atom stereocenters. The van der Waals surface area contributed by atoms with Gasteiger partial charge in [-0.15, -0.1) is 0 Å². The average Bonchev–Trinajstić information content (AvgIpc) is 2.18. The third-order valence-corrected chi connectivity index (χ3v) is 3.04. The molecule has 1 aromatic rings. The van der Waals surface area contributed by atoms with Crippen LogP contribution in [0.25, 0.3) is 0 Å². The van der Waals surface area contributed by atoms with Crippen LogP contribution in [0, 0.1) is 6.92 Å². The summed E-state index contributed by atoms with van der Waals surface area (Å²) in [5, 5.41) is 0. The Hall–Kier alpha value is -0.610. The highest BCUT2D eigenvalue weighted by Crippen LogP contribution is 2.25. The van der Waals surface area contributed by atoms with Crippen LogP contribution in [0.15, 0.2) is 16.7 Å². The number of anilines is 1. The smallest absolute Gasteiger partial charge is 0.142 e. The third kappa shape index (κ3) is 2.69. The first kappa shape index (κ1) is 11.5. The number of pyridine rings is 1. The van der Waals surface area contributed by atoms with Gasteiger partial charge in [-0.3, -0.25) is 0 Å². The van der Waals surface area contributed by atoms with E-state index >= 15 is 0 Å². The summed E-state index contributed by atoms with van der Waals surface area (Å²) in [4.78, 5) is 6.39. The molecule has 0 bridgehead atoms. The molecule has 0 aliphatic heterocycles. The average molecular weight is 259 g/mol. The number of halogens is 1. The zero-order chi connectivity index (χ0) is 10.6. The summed E-state index contributed by atoms with van der Waals surface area (Å²) in [5.74, 6) is 0.960. The van der Waals surface area contributed by atoms with Gasteiger partial charge in [0.1, 0.15) is 5.82 Å². The van der Waals surface area contributed by atoms with Crippen molar-refractivity contribution in [3.05, 3.63) is 22.3 Å². The fourth-order valence-electron chi connectivity index (χ4n) is 1.13. The van der Waals surface area contributed by atoms with Crippen LogP contribution >= 0.6 is 15.9 Å². The summed E-state index contributed by atoms with van der Waals surface area (Å²) < 4.78 is 6.07. The fourth-order valence-corrected chi connectivity index (χ4v) is 1.66. The summed E-state index contributed by atoms with van der Waals surface area (Å²) >= 11 is 3.53. The van der Waals surface area contributed by atoms with Crippen LogP contribution in [0.2, 0.25) is 0 Å². The monoisotopic (exact) mass is 258 g/mol. The standard InChI is InChI=1S/C10H15BrN2O/c1-8-4-5-12-10(9(8)11)13(2)6-7-14-3/h4-5H,6-7H2,1-3H3. The van der Waals surface area contributed by atoms with Gasteiger partial charge in [0.05, 0.1) is 11.1 Å². The van der Waals surface area contributed by atoms with Crippen LogP contribution in [0.4, 0.5) is 5.82 Å². The number of aromatic nitrogens is 1. The van der Waals surface area contributed by atoms with Crippen molar-refractivity contribution in [3.8, 4) is 0 Å². The molecule has 14 heavy (non-hydrogen) atoms. The lowest BCUT2D eigenvalue weighted by atomic mass is 10.3. The maximum Gasteiger partial charge on any atom is 0.142 e. The van der Waals surface area contributed by atoms with Gasteiger partial charge in [-0.2, -0.15) is 0 Å². The zero-order valence-corrected chi connectivity index (χ0v) is 10.3. The Kier molecular flexibility index (Phi) is 4.35. The molecule has 0 N–H and O–H groups in total. The van der Waals surface area contributed by atoms with E-state index < -0.39 is 0 Å². The Morgan fingerprint density at radius 1 is 1.57 bits per heavy atom. The molecule has 0 spiro atoms. The predicted octanol–water partition coefficient (Wildman–Crippen LogP) is 2.24.